The molecule has 1 N–H and O–H groups in total. The highest BCUT2D eigenvalue weighted by atomic mass is 32.2. The normalized spacial score (nSPS) is 13.5. The molecule has 2 rings (SSSR count). The average molecular weight is 457 g/mol. The molecular formula is C26H32O5S. The van der Waals surface area contributed by atoms with Crippen molar-refractivity contribution in [3.05, 3.63) is 71.8 Å². The average Bonchev–Trinajstić information content (AvgIpc) is 2.74. The second-order valence-electron chi connectivity index (χ2n) is 8.50. The third-order valence-corrected chi connectivity index (χ3v) is 5.87. The van der Waals surface area contributed by atoms with Crippen LogP contribution in [0.1, 0.15) is 38.3 Å². The maximum atomic E-state index is 12.9. The van der Waals surface area contributed by atoms with Gasteiger partial charge in [0.05, 0.1) is 18.9 Å². The fourth-order valence-electron chi connectivity index (χ4n) is 3.10. The van der Waals surface area contributed by atoms with Crippen LogP contribution in [0.25, 0.3) is 6.08 Å². The summed E-state index contributed by atoms with van der Waals surface area (Å²) in [5, 5.41) is 9.91. The molecule has 0 aliphatic rings. The monoisotopic (exact) mass is 456 g/mol. The topological polar surface area (TPSA) is 72.8 Å². The van der Waals surface area contributed by atoms with Crippen LogP contribution in [0.5, 0.6) is 5.75 Å². The van der Waals surface area contributed by atoms with E-state index < -0.39 is 29.4 Å². The molecule has 0 amide bonds. The van der Waals surface area contributed by atoms with Crippen LogP contribution in [0, 0.1) is 11.8 Å². The van der Waals surface area contributed by atoms with Crippen LogP contribution in [-0.4, -0.2) is 35.5 Å². The van der Waals surface area contributed by atoms with Crippen molar-refractivity contribution in [2.45, 2.75) is 38.5 Å². The molecule has 5 nitrogen and oxygen atoms in total. The number of hydrogen-bond donors (Lipinski definition) is 1. The largest absolute Gasteiger partial charge is 0.497 e. The van der Waals surface area contributed by atoms with Gasteiger partial charge in [0.15, 0.2) is 0 Å². The summed E-state index contributed by atoms with van der Waals surface area (Å²) in [4.78, 5) is 25.0. The molecule has 0 unspecified atom stereocenters. The molecule has 0 aliphatic carbocycles. The number of carboxylic acids is 1. The molecule has 0 saturated heterocycles. The number of carbonyl (C=O) groups excluding carboxylic acids is 1. The Labute approximate surface area is 194 Å². The number of hydrogen-bond acceptors (Lipinski definition) is 5. The molecule has 0 spiro atoms. The summed E-state index contributed by atoms with van der Waals surface area (Å²) in [6.45, 7) is 5.36. The van der Waals surface area contributed by atoms with E-state index in [2.05, 4.69) is 0 Å². The first-order chi connectivity index (χ1) is 15.2. The summed E-state index contributed by atoms with van der Waals surface area (Å²) < 4.78 is 10.7. The van der Waals surface area contributed by atoms with E-state index in [1.807, 2.05) is 66.7 Å². The first-order valence-electron chi connectivity index (χ1n) is 10.6. The standard InChI is InChI=1S/C26H32O5S/c1-26(2,3)31-25(29)22(12-8-11-19-9-6-5-7-10-19)23(24(27)28)18-32-17-20-13-15-21(30-4)16-14-20/h5-11,13-16,22-23H,12,17-18H2,1-4H3,(H,27,28)/t22-,23+/m0/s1. The highest BCUT2D eigenvalue weighted by Crippen LogP contribution is 2.27. The van der Waals surface area contributed by atoms with Gasteiger partial charge in [-0.15, -0.1) is 0 Å². The Balaban J connectivity index is 2.10. The molecule has 32 heavy (non-hydrogen) atoms. The lowest BCUT2D eigenvalue weighted by Gasteiger charge is -2.26. The van der Waals surface area contributed by atoms with Crippen molar-refractivity contribution in [3.63, 3.8) is 0 Å². The zero-order valence-electron chi connectivity index (χ0n) is 19.1. The quantitative estimate of drug-likeness (QED) is 0.438. The molecule has 0 aromatic heterocycles. The van der Waals surface area contributed by atoms with E-state index >= 15 is 0 Å². The molecule has 0 saturated carbocycles. The molecule has 0 aliphatic heterocycles. The minimum atomic E-state index is -0.990. The highest BCUT2D eigenvalue weighted by molar-refractivity contribution is 7.98. The summed E-state index contributed by atoms with van der Waals surface area (Å²) in [6, 6.07) is 17.4. The van der Waals surface area contributed by atoms with Crippen molar-refractivity contribution in [2.75, 3.05) is 12.9 Å². The number of carboxylic acid groups (broad SMARTS) is 1. The van der Waals surface area contributed by atoms with Crippen molar-refractivity contribution < 1.29 is 24.2 Å². The van der Waals surface area contributed by atoms with E-state index in [0.29, 0.717) is 17.9 Å². The third-order valence-electron chi connectivity index (χ3n) is 4.74. The number of aliphatic carboxylic acids is 1. The van der Waals surface area contributed by atoms with E-state index in [-0.39, 0.29) is 0 Å². The lowest BCUT2D eigenvalue weighted by molar-refractivity contribution is -0.165. The maximum absolute atomic E-state index is 12.9. The first-order valence-corrected chi connectivity index (χ1v) is 11.7. The van der Waals surface area contributed by atoms with Crippen LogP contribution in [-0.2, 0) is 20.1 Å². The number of carbonyl (C=O) groups is 2. The SMILES string of the molecule is COc1ccc(CSC[C@@H](C(=O)O)[C@H](CC=Cc2ccccc2)C(=O)OC(C)(C)C)cc1. The molecule has 6 heteroatoms. The van der Waals surface area contributed by atoms with E-state index in [1.54, 1.807) is 27.9 Å². The van der Waals surface area contributed by atoms with Gasteiger partial charge in [0.1, 0.15) is 11.4 Å². The van der Waals surface area contributed by atoms with Gasteiger partial charge in [-0.05, 0) is 50.5 Å². The molecule has 0 bridgehead atoms. The van der Waals surface area contributed by atoms with Gasteiger partial charge in [0.2, 0.25) is 0 Å². The molecule has 2 aromatic carbocycles. The predicted molar refractivity (Wildman–Crippen MR) is 130 cm³/mol. The van der Waals surface area contributed by atoms with E-state index in [0.717, 1.165) is 16.9 Å². The van der Waals surface area contributed by atoms with Crippen LogP contribution in [0.2, 0.25) is 0 Å². The number of esters is 1. The number of thioether (sulfide) groups is 1. The molecule has 0 radical (unpaired) electrons. The van der Waals surface area contributed by atoms with Gasteiger partial charge in [0.25, 0.3) is 0 Å². The van der Waals surface area contributed by atoms with Crippen molar-refractivity contribution in [1.29, 1.82) is 0 Å². The summed E-state index contributed by atoms with van der Waals surface area (Å²) >= 11 is 1.50. The fraction of sp³-hybridized carbons (Fsp3) is 0.385. The van der Waals surface area contributed by atoms with E-state index in [9.17, 15) is 14.7 Å². The Morgan fingerprint density at radius 1 is 1.03 bits per heavy atom. The number of ether oxygens (including phenoxy) is 2. The summed E-state index contributed by atoms with van der Waals surface area (Å²) in [6.07, 6.45) is 4.05. The molecule has 0 heterocycles. The maximum Gasteiger partial charge on any atom is 0.310 e. The van der Waals surface area contributed by atoms with Crippen LogP contribution in [0.15, 0.2) is 60.7 Å². The number of methoxy groups -OCH3 is 1. The van der Waals surface area contributed by atoms with Gasteiger partial charge in [-0.3, -0.25) is 9.59 Å². The van der Waals surface area contributed by atoms with Gasteiger partial charge in [-0.25, -0.2) is 0 Å². The lowest BCUT2D eigenvalue weighted by atomic mass is 9.90. The van der Waals surface area contributed by atoms with Crippen molar-refractivity contribution in [1.82, 2.24) is 0 Å². The minimum Gasteiger partial charge on any atom is -0.497 e. The predicted octanol–water partition coefficient (Wildman–Crippen LogP) is 5.69. The molecular weight excluding hydrogens is 424 g/mol. The first kappa shape index (κ1) is 25.5. The minimum absolute atomic E-state index is 0.296. The summed E-state index contributed by atoms with van der Waals surface area (Å²) in [5.41, 5.74) is 1.38. The molecule has 2 aromatic rings. The smallest absolute Gasteiger partial charge is 0.310 e. The van der Waals surface area contributed by atoms with Crippen molar-refractivity contribution in [3.8, 4) is 5.75 Å². The number of rotatable bonds is 11. The van der Waals surface area contributed by atoms with Gasteiger partial charge in [-0.2, -0.15) is 11.8 Å². The zero-order valence-corrected chi connectivity index (χ0v) is 19.9. The fourth-order valence-corrected chi connectivity index (χ4v) is 4.28. The van der Waals surface area contributed by atoms with E-state index in [1.165, 1.54) is 11.8 Å². The Kier molecular flexibility index (Phi) is 9.85. The Hall–Kier alpha value is -2.73. The Morgan fingerprint density at radius 3 is 2.25 bits per heavy atom. The second-order valence-corrected chi connectivity index (χ2v) is 9.53. The van der Waals surface area contributed by atoms with Gasteiger partial charge in [0, 0.05) is 11.5 Å². The molecule has 172 valence electrons. The van der Waals surface area contributed by atoms with Crippen molar-refractivity contribution >= 4 is 29.8 Å². The van der Waals surface area contributed by atoms with Gasteiger partial charge < -0.3 is 14.6 Å². The Bertz CT molecular complexity index is 885. The molecule has 2 atom stereocenters. The zero-order chi connectivity index (χ0) is 23.6. The van der Waals surface area contributed by atoms with Crippen molar-refractivity contribution in [2.24, 2.45) is 11.8 Å². The summed E-state index contributed by atoms with van der Waals surface area (Å²) in [5.74, 6) is -1.36. The van der Waals surface area contributed by atoms with Crippen LogP contribution in [0.4, 0.5) is 0 Å². The van der Waals surface area contributed by atoms with Crippen LogP contribution < -0.4 is 4.74 Å². The highest BCUT2D eigenvalue weighted by Gasteiger charge is 2.35. The van der Waals surface area contributed by atoms with Crippen LogP contribution in [0.3, 0.4) is 0 Å². The number of allylic oxidation sites excluding steroid dienone is 1. The van der Waals surface area contributed by atoms with Gasteiger partial charge >= 0.3 is 11.9 Å². The van der Waals surface area contributed by atoms with Gasteiger partial charge in [-0.1, -0.05) is 54.6 Å². The second kappa shape index (κ2) is 12.3. The lowest BCUT2D eigenvalue weighted by Crippen LogP contribution is -2.36. The van der Waals surface area contributed by atoms with E-state index in [4.69, 9.17) is 9.47 Å². The third kappa shape index (κ3) is 8.79. The number of benzene rings is 2. The summed E-state index contributed by atoms with van der Waals surface area (Å²) in [7, 11) is 1.62. The molecule has 0 fully saturated rings. The van der Waals surface area contributed by atoms with Crippen LogP contribution >= 0.6 is 11.8 Å². The Morgan fingerprint density at radius 2 is 1.69 bits per heavy atom.